The van der Waals surface area contributed by atoms with E-state index in [1.165, 1.54) is 28.0 Å². The highest BCUT2D eigenvalue weighted by atomic mass is 16.5. The number of carboxylic acid groups (broad SMARTS) is 1. The number of amides is 5. The first kappa shape index (κ1) is 41.9. The molecule has 0 spiro atoms. The summed E-state index contributed by atoms with van der Waals surface area (Å²) in [5.74, 6) is -2.24. The second-order valence-electron chi connectivity index (χ2n) is 14.7. The number of nitrogens with one attached hydrogen (secondary N) is 3. The number of aliphatic hydroxyl groups excluding tert-OH is 1. The zero-order valence-electron chi connectivity index (χ0n) is 31.3. The number of rotatable bonds is 16. The zero-order chi connectivity index (χ0) is 39.5. The topological polar surface area (TPSA) is 213 Å². The molecule has 14 heteroatoms. The van der Waals surface area contributed by atoms with Crippen LogP contribution in [0.1, 0.15) is 52.2 Å². The minimum Gasteiger partial charge on any atom is -0.465 e. The molecular weight excluding hydrogens is 680 g/mol. The average molecular weight is 733 g/mol. The van der Waals surface area contributed by atoms with E-state index >= 15 is 0 Å². The van der Waals surface area contributed by atoms with Crippen LogP contribution in [0.4, 0.5) is 9.59 Å². The lowest BCUT2D eigenvalue weighted by atomic mass is 9.81. The summed E-state index contributed by atoms with van der Waals surface area (Å²) in [6.07, 6.45) is -1.53. The molecule has 0 saturated carbocycles. The second kappa shape index (κ2) is 18.3. The van der Waals surface area contributed by atoms with Crippen LogP contribution in [0, 0.1) is 10.8 Å². The largest absolute Gasteiger partial charge is 0.465 e. The standard InChI is InChI=1S/C39H52N6O8/c1-38(2,3)31(44-36(50)53-7)33(47)42-27(21-25-16-18-26(19-17-25)28-15-11-12-20-41-28)23-30(46)29(22-24-13-9-8-10-14-24)43-34(48)32(45(6)37(51)52)39(4,5)35(40)49/h8-20,27,29-32,46H,21-23H2,1-7H3,(H2,40,49)(H,42,47)(H,43,48)(H,44,50)(H,51,52)/t27-,29-,30+,31+,32+/m0/s1. The van der Waals surface area contributed by atoms with Crippen LogP contribution in [-0.4, -0.2) is 94.4 Å². The molecule has 0 fully saturated rings. The number of carbonyl (C=O) groups is 5. The monoisotopic (exact) mass is 732 g/mol. The van der Waals surface area contributed by atoms with Crippen LogP contribution < -0.4 is 21.7 Å². The average Bonchev–Trinajstić information content (AvgIpc) is 3.10. The lowest BCUT2D eigenvalue weighted by molar-refractivity contribution is -0.139. The normalized spacial score (nSPS) is 14.4. The molecule has 0 bridgehead atoms. The fraction of sp³-hybridized carbons (Fsp3) is 0.436. The highest BCUT2D eigenvalue weighted by Crippen LogP contribution is 2.26. The smallest absolute Gasteiger partial charge is 0.407 e. The Labute approximate surface area is 310 Å². The van der Waals surface area contributed by atoms with E-state index in [1.54, 1.807) is 39.1 Å². The molecule has 1 heterocycles. The Hall–Kier alpha value is -5.50. The minimum absolute atomic E-state index is 0.0702. The number of methoxy groups -OCH3 is 1. The van der Waals surface area contributed by atoms with Gasteiger partial charge in [0.1, 0.15) is 12.1 Å². The van der Waals surface area contributed by atoms with Gasteiger partial charge in [-0.05, 0) is 61.8 Å². The number of primary amides is 1. The molecule has 53 heavy (non-hydrogen) atoms. The van der Waals surface area contributed by atoms with Gasteiger partial charge in [0.25, 0.3) is 0 Å². The summed E-state index contributed by atoms with van der Waals surface area (Å²) in [4.78, 5) is 69.6. The van der Waals surface area contributed by atoms with Gasteiger partial charge < -0.3 is 36.6 Å². The molecular formula is C39H52N6O8. The molecule has 0 aliphatic heterocycles. The highest BCUT2D eigenvalue weighted by Gasteiger charge is 2.45. The number of benzene rings is 2. The lowest BCUT2D eigenvalue weighted by Gasteiger charge is -2.37. The number of carbonyl (C=O) groups excluding carboxylic acids is 4. The lowest BCUT2D eigenvalue weighted by Crippen LogP contribution is -2.61. The molecule has 7 N–H and O–H groups in total. The van der Waals surface area contributed by atoms with Gasteiger partial charge in [-0.25, -0.2) is 9.59 Å². The molecule has 3 aromatic rings. The molecule has 0 aliphatic rings. The SMILES string of the molecule is COC(=O)N[C@H](C(=O)N[C@@H](Cc1ccc(-c2ccccn2)cc1)C[C@@H](O)[C@H](Cc1ccccc1)NC(=O)[C@@H](N(C)C(=O)O)C(C)(C)C(N)=O)C(C)(C)C. The Morgan fingerprint density at radius 3 is 1.96 bits per heavy atom. The van der Waals surface area contributed by atoms with Crippen molar-refractivity contribution in [2.45, 2.75) is 84.2 Å². The number of aliphatic hydroxyl groups is 1. The third-order valence-corrected chi connectivity index (χ3v) is 9.19. The van der Waals surface area contributed by atoms with E-state index in [-0.39, 0.29) is 19.3 Å². The van der Waals surface area contributed by atoms with Gasteiger partial charge in [0.15, 0.2) is 0 Å². The number of hydrogen-bond donors (Lipinski definition) is 6. The van der Waals surface area contributed by atoms with Crippen LogP contribution in [0.3, 0.4) is 0 Å². The fourth-order valence-electron chi connectivity index (χ4n) is 6.06. The summed E-state index contributed by atoms with van der Waals surface area (Å²) in [7, 11) is 2.36. The minimum atomic E-state index is -1.62. The van der Waals surface area contributed by atoms with E-state index in [1.807, 2.05) is 60.7 Å². The Kier molecular flexibility index (Phi) is 14.5. The quantitative estimate of drug-likeness (QED) is 0.127. The van der Waals surface area contributed by atoms with Gasteiger partial charge >= 0.3 is 12.2 Å². The number of ether oxygens (including phenoxy) is 1. The van der Waals surface area contributed by atoms with Crippen LogP contribution in [0.2, 0.25) is 0 Å². The van der Waals surface area contributed by atoms with Crippen molar-refractivity contribution in [1.29, 1.82) is 0 Å². The van der Waals surface area contributed by atoms with Crippen molar-refractivity contribution in [3.05, 3.63) is 90.1 Å². The van der Waals surface area contributed by atoms with Crippen molar-refractivity contribution in [1.82, 2.24) is 25.8 Å². The van der Waals surface area contributed by atoms with Crippen molar-refractivity contribution < 1.29 is 38.9 Å². The van der Waals surface area contributed by atoms with Gasteiger partial charge in [0.2, 0.25) is 17.7 Å². The highest BCUT2D eigenvalue weighted by molar-refractivity contribution is 5.94. The van der Waals surface area contributed by atoms with Crippen LogP contribution >= 0.6 is 0 Å². The maximum absolute atomic E-state index is 13.9. The number of aromatic nitrogens is 1. The summed E-state index contributed by atoms with van der Waals surface area (Å²) in [6.45, 7) is 8.12. The Morgan fingerprint density at radius 2 is 1.43 bits per heavy atom. The van der Waals surface area contributed by atoms with Gasteiger partial charge in [-0.1, -0.05) is 81.4 Å². The summed E-state index contributed by atoms with van der Waals surface area (Å²) in [5.41, 5.74) is 6.52. The van der Waals surface area contributed by atoms with Crippen LogP contribution in [0.25, 0.3) is 11.3 Å². The summed E-state index contributed by atoms with van der Waals surface area (Å²) in [6, 6.07) is 18.0. The first-order valence-corrected chi connectivity index (χ1v) is 17.3. The van der Waals surface area contributed by atoms with Crippen molar-refractivity contribution in [2.24, 2.45) is 16.6 Å². The van der Waals surface area contributed by atoms with E-state index in [4.69, 9.17) is 10.5 Å². The molecule has 1 aromatic heterocycles. The van der Waals surface area contributed by atoms with Gasteiger partial charge in [0.05, 0.1) is 30.4 Å². The van der Waals surface area contributed by atoms with Crippen LogP contribution in [0.15, 0.2) is 79.0 Å². The molecule has 0 saturated heterocycles. The fourth-order valence-corrected chi connectivity index (χ4v) is 6.06. The first-order valence-electron chi connectivity index (χ1n) is 17.3. The molecule has 0 aliphatic carbocycles. The number of pyridine rings is 1. The maximum Gasteiger partial charge on any atom is 0.407 e. The van der Waals surface area contributed by atoms with E-state index in [9.17, 15) is 34.2 Å². The Balaban J connectivity index is 2.00. The molecule has 5 amide bonds. The van der Waals surface area contributed by atoms with Gasteiger partial charge in [0, 0.05) is 24.8 Å². The number of nitrogens with two attached hydrogens (primary N) is 1. The molecule has 5 atom stereocenters. The predicted molar refractivity (Wildman–Crippen MR) is 199 cm³/mol. The van der Waals surface area contributed by atoms with Crippen LogP contribution in [0.5, 0.6) is 0 Å². The van der Waals surface area contributed by atoms with Gasteiger partial charge in [-0.2, -0.15) is 0 Å². The third kappa shape index (κ3) is 11.8. The Morgan fingerprint density at radius 1 is 0.830 bits per heavy atom. The number of nitrogens with zero attached hydrogens (tertiary/aromatic N) is 2. The van der Waals surface area contributed by atoms with Gasteiger partial charge in [-0.15, -0.1) is 0 Å². The second-order valence-corrected chi connectivity index (χ2v) is 14.7. The predicted octanol–water partition coefficient (Wildman–Crippen LogP) is 3.52. The first-order chi connectivity index (χ1) is 24.8. The van der Waals surface area contributed by atoms with Crippen molar-refractivity contribution in [3.8, 4) is 11.3 Å². The van der Waals surface area contributed by atoms with Crippen molar-refractivity contribution in [2.75, 3.05) is 14.2 Å². The molecule has 3 rings (SSSR count). The summed E-state index contributed by atoms with van der Waals surface area (Å²) < 4.78 is 4.77. The van der Waals surface area contributed by atoms with E-state index in [2.05, 4.69) is 20.9 Å². The van der Waals surface area contributed by atoms with E-state index < -0.39 is 71.0 Å². The molecule has 286 valence electrons. The Bertz CT molecular complexity index is 1700. The number of alkyl carbamates (subject to hydrolysis) is 1. The van der Waals surface area contributed by atoms with Crippen molar-refractivity contribution in [3.63, 3.8) is 0 Å². The van der Waals surface area contributed by atoms with Crippen LogP contribution in [-0.2, 0) is 32.0 Å². The molecule has 0 radical (unpaired) electrons. The number of likely N-dealkylation sites (N-methyl/N-ethyl adjacent to an activating group) is 1. The third-order valence-electron chi connectivity index (χ3n) is 9.19. The molecule has 0 unspecified atom stereocenters. The van der Waals surface area contributed by atoms with Crippen molar-refractivity contribution >= 4 is 29.9 Å². The molecule has 2 aromatic carbocycles. The van der Waals surface area contributed by atoms with E-state index in [0.717, 1.165) is 22.4 Å². The van der Waals surface area contributed by atoms with E-state index in [0.29, 0.717) is 4.90 Å². The number of hydrogen-bond acceptors (Lipinski definition) is 8. The zero-order valence-corrected chi connectivity index (χ0v) is 31.3. The summed E-state index contributed by atoms with van der Waals surface area (Å²) >= 11 is 0. The summed E-state index contributed by atoms with van der Waals surface area (Å²) in [5, 5.41) is 30.1. The maximum atomic E-state index is 13.9. The molecule has 14 nitrogen and oxygen atoms in total. The van der Waals surface area contributed by atoms with Gasteiger partial charge in [-0.3, -0.25) is 24.3 Å².